The Morgan fingerprint density at radius 1 is 0.900 bits per heavy atom. The second kappa shape index (κ2) is 13.8. The molecule has 214 valence electrons. The van der Waals surface area contributed by atoms with Crippen molar-refractivity contribution in [2.24, 2.45) is 0 Å². The normalized spacial score (nSPS) is 12.1. The summed E-state index contributed by atoms with van der Waals surface area (Å²) in [6, 6.07) is 18.3. The fraction of sp³-hybridized carbons (Fsp3) is 0.355. The quantitative estimate of drug-likeness (QED) is 0.292. The lowest BCUT2D eigenvalue weighted by Gasteiger charge is -2.33. The van der Waals surface area contributed by atoms with Crippen LogP contribution >= 0.6 is 11.6 Å². The predicted octanol–water partition coefficient (Wildman–Crippen LogP) is 5.79. The summed E-state index contributed by atoms with van der Waals surface area (Å²) < 4.78 is 29.1. The molecule has 0 aliphatic rings. The highest BCUT2D eigenvalue weighted by molar-refractivity contribution is 7.92. The summed E-state index contributed by atoms with van der Waals surface area (Å²) in [6.07, 6.45) is 1.09. The monoisotopic (exact) mass is 583 g/mol. The van der Waals surface area contributed by atoms with Crippen molar-refractivity contribution in [1.29, 1.82) is 0 Å². The first-order valence-corrected chi connectivity index (χ1v) is 15.3. The molecule has 1 N–H and O–H groups in total. The van der Waals surface area contributed by atoms with Gasteiger partial charge in [0.2, 0.25) is 11.8 Å². The summed E-state index contributed by atoms with van der Waals surface area (Å²) in [6.45, 7) is 9.46. The Labute approximate surface area is 243 Å². The summed E-state index contributed by atoms with van der Waals surface area (Å²) in [5.41, 5.74) is 3.70. The van der Waals surface area contributed by atoms with Gasteiger partial charge in [-0.25, -0.2) is 8.42 Å². The lowest BCUT2D eigenvalue weighted by Crippen LogP contribution is -2.52. The van der Waals surface area contributed by atoms with Gasteiger partial charge in [-0.05, 0) is 80.6 Å². The maximum Gasteiger partial charge on any atom is 0.264 e. The number of anilines is 1. The van der Waals surface area contributed by atoms with E-state index in [2.05, 4.69) is 5.32 Å². The van der Waals surface area contributed by atoms with E-state index in [1.165, 1.54) is 4.90 Å². The topological polar surface area (TPSA) is 86.8 Å². The average molecular weight is 584 g/mol. The number of nitrogens with zero attached hydrogens (tertiary/aromatic N) is 2. The number of hydrogen-bond acceptors (Lipinski definition) is 4. The van der Waals surface area contributed by atoms with Crippen LogP contribution in [0.15, 0.2) is 71.6 Å². The zero-order valence-corrected chi connectivity index (χ0v) is 25.3. The molecule has 3 aromatic rings. The van der Waals surface area contributed by atoms with E-state index in [-0.39, 0.29) is 17.3 Å². The number of amides is 2. The number of sulfonamides is 1. The molecule has 7 nitrogen and oxygen atoms in total. The van der Waals surface area contributed by atoms with Crippen LogP contribution < -0.4 is 9.62 Å². The molecular formula is C31H38ClN3O4S. The molecule has 0 radical (unpaired) electrons. The Morgan fingerprint density at radius 3 is 2.10 bits per heavy atom. The number of aryl methyl sites for hydroxylation is 3. The van der Waals surface area contributed by atoms with Crippen molar-refractivity contribution in [1.82, 2.24) is 10.2 Å². The molecule has 0 spiro atoms. The molecule has 3 rings (SSSR count). The number of halogens is 1. The number of hydrogen-bond donors (Lipinski definition) is 1. The number of carbonyl (C=O) groups excluding carboxylic acids is 2. The molecule has 1 unspecified atom stereocenters. The maximum absolute atomic E-state index is 14.1. The third-order valence-corrected chi connectivity index (χ3v) is 8.77. The second-order valence-electron chi connectivity index (χ2n) is 10.00. The summed E-state index contributed by atoms with van der Waals surface area (Å²) in [5.74, 6) is -0.794. The largest absolute Gasteiger partial charge is 0.354 e. The number of carbonyl (C=O) groups is 2. The highest BCUT2D eigenvalue weighted by Crippen LogP contribution is 2.27. The highest BCUT2D eigenvalue weighted by Gasteiger charge is 2.34. The molecule has 0 bridgehead atoms. The minimum atomic E-state index is -4.12. The van der Waals surface area contributed by atoms with Crippen molar-refractivity contribution in [3.63, 3.8) is 0 Å². The van der Waals surface area contributed by atoms with Crippen LogP contribution in [0.1, 0.15) is 48.9 Å². The van der Waals surface area contributed by atoms with E-state index in [4.69, 9.17) is 11.6 Å². The fourth-order valence-electron chi connectivity index (χ4n) is 4.56. The van der Waals surface area contributed by atoms with Crippen molar-refractivity contribution in [3.05, 3.63) is 94.0 Å². The van der Waals surface area contributed by atoms with Crippen LogP contribution in [-0.2, 0) is 26.2 Å². The predicted molar refractivity (Wildman–Crippen MR) is 161 cm³/mol. The Bertz CT molecular complexity index is 1420. The zero-order valence-electron chi connectivity index (χ0n) is 23.8. The molecule has 1 atom stereocenters. The van der Waals surface area contributed by atoms with Crippen molar-refractivity contribution < 1.29 is 18.0 Å². The van der Waals surface area contributed by atoms with Crippen LogP contribution in [0.4, 0.5) is 5.69 Å². The smallest absolute Gasteiger partial charge is 0.264 e. The summed E-state index contributed by atoms with van der Waals surface area (Å²) >= 11 is 6.44. The van der Waals surface area contributed by atoms with Gasteiger partial charge in [0.05, 0.1) is 10.6 Å². The molecule has 0 saturated carbocycles. The summed E-state index contributed by atoms with van der Waals surface area (Å²) in [5, 5.41) is 3.34. The Morgan fingerprint density at radius 2 is 1.52 bits per heavy atom. The molecule has 0 fully saturated rings. The molecule has 3 aromatic carbocycles. The Kier molecular flexibility index (Phi) is 10.8. The molecule has 0 saturated heterocycles. The van der Waals surface area contributed by atoms with Gasteiger partial charge in [0.1, 0.15) is 12.6 Å². The number of benzene rings is 3. The second-order valence-corrected chi connectivity index (χ2v) is 12.3. The van der Waals surface area contributed by atoms with Crippen LogP contribution in [-0.4, -0.2) is 44.3 Å². The average Bonchev–Trinajstić information content (AvgIpc) is 2.90. The molecule has 2 amide bonds. The summed E-state index contributed by atoms with van der Waals surface area (Å²) in [4.78, 5) is 28.8. The molecule has 40 heavy (non-hydrogen) atoms. The molecule has 0 aliphatic heterocycles. The van der Waals surface area contributed by atoms with Gasteiger partial charge in [0.15, 0.2) is 0 Å². The van der Waals surface area contributed by atoms with Crippen molar-refractivity contribution in [3.8, 4) is 0 Å². The minimum absolute atomic E-state index is 0.0574. The van der Waals surface area contributed by atoms with E-state index in [0.29, 0.717) is 29.2 Å². The first kappa shape index (κ1) is 31.2. The van der Waals surface area contributed by atoms with Crippen LogP contribution in [0.2, 0.25) is 5.02 Å². The Balaban J connectivity index is 2.10. The number of nitrogens with one attached hydrogen (secondary N) is 1. The van der Waals surface area contributed by atoms with Gasteiger partial charge in [0, 0.05) is 18.1 Å². The van der Waals surface area contributed by atoms with Gasteiger partial charge in [0.25, 0.3) is 10.0 Å². The van der Waals surface area contributed by atoms with Crippen molar-refractivity contribution in [2.45, 2.75) is 64.9 Å². The van der Waals surface area contributed by atoms with Crippen LogP contribution in [0.25, 0.3) is 0 Å². The van der Waals surface area contributed by atoms with E-state index in [1.54, 1.807) is 54.6 Å². The first-order valence-electron chi connectivity index (χ1n) is 13.5. The van der Waals surface area contributed by atoms with Gasteiger partial charge >= 0.3 is 0 Å². The zero-order chi connectivity index (χ0) is 29.4. The van der Waals surface area contributed by atoms with E-state index < -0.39 is 28.5 Å². The van der Waals surface area contributed by atoms with Gasteiger partial charge in [-0.3, -0.25) is 13.9 Å². The third-order valence-electron chi connectivity index (χ3n) is 6.62. The maximum atomic E-state index is 14.1. The number of rotatable bonds is 12. The SMILES string of the molecule is CCCNC(=O)C(CC)N(Cc1ccccc1Cl)C(=O)CN(c1cc(C)cc(C)c1)S(=O)(=O)c1ccc(C)cc1. The molecule has 0 heterocycles. The third kappa shape index (κ3) is 7.64. The molecule has 0 aliphatic carbocycles. The van der Waals surface area contributed by atoms with Crippen LogP contribution in [0, 0.1) is 20.8 Å². The Hall–Kier alpha value is -3.36. The minimum Gasteiger partial charge on any atom is -0.354 e. The van der Waals surface area contributed by atoms with E-state index >= 15 is 0 Å². The van der Waals surface area contributed by atoms with Crippen LogP contribution in [0.5, 0.6) is 0 Å². The van der Waals surface area contributed by atoms with E-state index in [0.717, 1.165) is 27.4 Å². The molecular weight excluding hydrogens is 546 g/mol. The van der Waals surface area contributed by atoms with Crippen LogP contribution in [0.3, 0.4) is 0 Å². The van der Waals surface area contributed by atoms with Gasteiger partial charge in [-0.15, -0.1) is 0 Å². The highest BCUT2D eigenvalue weighted by atomic mass is 35.5. The van der Waals surface area contributed by atoms with Gasteiger partial charge in [-0.2, -0.15) is 0 Å². The fourth-order valence-corrected chi connectivity index (χ4v) is 6.15. The lowest BCUT2D eigenvalue weighted by molar-refractivity contribution is -0.140. The van der Waals surface area contributed by atoms with Gasteiger partial charge < -0.3 is 10.2 Å². The standard InChI is InChI=1S/C31H38ClN3O4S/c1-6-16-33-31(37)29(7-2)34(20-25-10-8-9-11-28(25)32)30(36)21-35(26-18-23(4)17-24(5)19-26)40(38,39)27-14-12-22(3)13-15-27/h8-15,17-19,29H,6-7,16,20-21H2,1-5H3,(H,33,37). The van der Waals surface area contributed by atoms with Crippen molar-refractivity contribution >= 4 is 39.1 Å². The van der Waals surface area contributed by atoms with Gasteiger partial charge in [-0.1, -0.05) is 67.4 Å². The van der Waals surface area contributed by atoms with E-state index in [1.807, 2.05) is 46.8 Å². The molecule has 9 heteroatoms. The summed E-state index contributed by atoms with van der Waals surface area (Å²) in [7, 11) is -4.12. The van der Waals surface area contributed by atoms with E-state index in [9.17, 15) is 18.0 Å². The lowest BCUT2D eigenvalue weighted by atomic mass is 10.1. The first-order chi connectivity index (χ1) is 19.0. The van der Waals surface area contributed by atoms with Crippen molar-refractivity contribution in [2.75, 3.05) is 17.4 Å². The molecule has 0 aromatic heterocycles.